The summed E-state index contributed by atoms with van der Waals surface area (Å²) in [6, 6.07) is 0. The minimum Gasteiger partial charge on any atom is -0.394 e. The van der Waals surface area contributed by atoms with Gasteiger partial charge in [-0.1, -0.05) is 24.3 Å². The first-order chi connectivity index (χ1) is 10.3. The third kappa shape index (κ3) is 5.80. The number of aliphatic hydroxyl groups is 2. The van der Waals surface area contributed by atoms with Gasteiger partial charge in [0, 0.05) is 0 Å². The van der Waals surface area contributed by atoms with Gasteiger partial charge in [0.15, 0.2) is 0 Å². The van der Waals surface area contributed by atoms with Gasteiger partial charge in [-0.15, -0.1) is 11.8 Å². The maximum absolute atomic E-state index is 8.70. The molecule has 0 atom stereocenters. The molecule has 0 heterocycles. The van der Waals surface area contributed by atoms with E-state index in [-0.39, 0.29) is 13.2 Å². The Morgan fingerprint density at radius 2 is 1.05 bits per heavy atom. The Kier molecular flexibility index (Phi) is 7.26. The van der Waals surface area contributed by atoms with Gasteiger partial charge in [0.05, 0.1) is 36.9 Å². The van der Waals surface area contributed by atoms with E-state index in [0.29, 0.717) is 13.2 Å². The van der Waals surface area contributed by atoms with Crippen molar-refractivity contribution in [2.24, 2.45) is 0 Å². The second-order valence-electron chi connectivity index (χ2n) is 4.19. The van der Waals surface area contributed by atoms with E-state index in [4.69, 9.17) is 19.7 Å². The predicted molar refractivity (Wildman–Crippen MR) is 83.2 cm³/mol. The van der Waals surface area contributed by atoms with Crippen molar-refractivity contribution in [3.05, 3.63) is 71.3 Å². The fraction of sp³-hybridized carbons (Fsp3) is 0.250. The summed E-state index contributed by atoms with van der Waals surface area (Å²) in [5, 5.41) is 19.6. The summed E-state index contributed by atoms with van der Waals surface area (Å²) in [6.45, 7) is 0.645. The predicted octanol–water partition coefficient (Wildman–Crippen LogP) is 2.12. The molecule has 0 spiro atoms. The number of hydrogen-bond acceptors (Lipinski definition) is 5. The van der Waals surface area contributed by atoms with Crippen LogP contribution in [0.3, 0.4) is 0 Å². The molecule has 0 aromatic carbocycles. The van der Waals surface area contributed by atoms with E-state index < -0.39 is 0 Å². The van der Waals surface area contributed by atoms with Crippen molar-refractivity contribution in [3.8, 4) is 0 Å². The Hall–Kier alpha value is -0.850. The number of ether oxygens (including phenoxy) is 2. The van der Waals surface area contributed by atoms with Crippen molar-refractivity contribution in [2.75, 3.05) is 26.4 Å². The Bertz CT molecular complexity index is 351. The minimum absolute atomic E-state index is 0.0151. The van der Waals surface area contributed by atoms with E-state index >= 15 is 0 Å². The summed E-state index contributed by atoms with van der Waals surface area (Å²) in [5.41, 5.74) is 0. The normalized spacial score (nSPS) is 20.7. The van der Waals surface area contributed by atoms with Crippen molar-refractivity contribution in [2.45, 2.75) is 0 Å². The molecule has 2 aliphatic rings. The molecule has 0 saturated carbocycles. The van der Waals surface area contributed by atoms with Gasteiger partial charge in [-0.25, -0.2) is 0 Å². The molecular formula is C16H18O4S. The second kappa shape index (κ2) is 9.23. The van der Waals surface area contributed by atoms with Crippen LogP contribution in [0.5, 0.6) is 0 Å². The lowest BCUT2D eigenvalue weighted by atomic mass is 10.1. The van der Waals surface area contributed by atoms with Gasteiger partial charge in [0.25, 0.3) is 0 Å². The molecule has 0 bridgehead atoms. The Morgan fingerprint density at radius 3 is 1.38 bits per heavy atom. The zero-order chi connectivity index (χ0) is 14.9. The van der Waals surface area contributed by atoms with Crippen LogP contribution in [0.1, 0.15) is 0 Å². The Labute approximate surface area is 129 Å². The van der Waals surface area contributed by atoms with E-state index in [1.54, 1.807) is 11.8 Å². The van der Waals surface area contributed by atoms with Crippen molar-refractivity contribution < 1.29 is 19.7 Å². The first-order valence-corrected chi connectivity index (χ1v) is 7.49. The first kappa shape index (κ1) is 16.5. The van der Waals surface area contributed by atoms with Crippen molar-refractivity contribution >= 4 is 11.8 Å². The topological polar surface area (TPSA) is 58.9 Å². The zero-order valence-electron chi connectivity index (χ0n) is 11.6. The van der Waals surface area contributed by atoms with Crippen molar-refractivity contribution in [1.29, 1.82) is 0 Å². The lowest BCUT2D eigenvalue weighted by molar-refractivity contribution is 0.126. The Morgan fingerprint density at radius 1 is 0.667 bits per heavy atom. The number of rotatable bonds is 8. The minimum atomic E-state index is 0.0151. The Balaban J connectivity index is 1.72. The maximum atomic E-state index is 8.70. The summed E-state index contributed by atoms with van der Waals surface area (Å²) in [6.07, 6.45) is 17.0. The molecule has 0 aromatic heterocycles. The molecule has 4 nitrogen and oxygen atoms in total. The zero-order valence-corrected chi connectivity index (χ0v) is 12.4. The van der Waals surface area contributed by atoms with Crippen LogP contribution in [0.2, 0.25) is 0 Å². The number of hydrogen-bond donors (Lipinski definition) is 2. The molecule has 2 aliphatic carbocycles. The van der Waals surface area contributed by atoms with Crippen LogP contribution < -0.4 is 0 Å². The van der Waals surface area contributed by atoms with Crippen LogP contribution in [0.15, 0.2) is 48.6 Å². The third-order valence-electron chi connectivity index (χ3n) is 2.60. The third-order valence-corrected chi connectivity index (χ3v) is 3.62. The average Bonchev–Trinajstić information content (AvgIpc) is 2.53. The fourth-order valence-electron chi connectivity index (χ4n) is 1.67. The molecule has 2 N–H and O–H groups in total. The molecule has 0 unspecified atom stereocenters. The number of aliphatic hydroxyl groups excluding tert-OH is 2. The molecule has 2 rings (SSSR count). The maximum Gasteiger partial charge on any atom is 0.141 e. The van der Waals surface area contributed by atoms with Gasteiger partial charge in [0.2, 0.25) is 0 Å². The summed E-state index contributed by atoms with van der Waals surface area (Å²) in [4.78, 5) is 0. The van der Waals surface area contributed by atoms with E-state index in [2.05, 4.69) is 0 Å². The molecule has 112 valence electrons. The lowest BCUT2D eigenvalue weighted by Gasteiger charge is -2.19. The fourth-order valence-corrected chi connectivity index (χ4v) is 2.49. The van der Waals surface area contributed by atoms with Crippen LogP contribution in [0.4, 0.5) is 0 Å². The lowest BCUT2D eigenvalue weighted by Crippen LogP contribution is -2.07. The highest BCUT2D eigenvalue weighted by Gasteiger charge is 2.18. The summed E-state index contributed by atoms with van der Waals surface area (Å²) >= 11 is 1.64. The standard InChI is InChI=1S/C16H18O4S/c17-9-11-19-13-1-5-15(6-2-13)21-16-7-3-14(4-8-16)20-12-10-18/h1-8,17-18H,9-12H2. The molecule has 0 aliphatic heterocycles. The van der Waals surface area contributed by atoms with E-state index in [9.17, 15) is 0 Å². The highest BCUT2D eigenvalue weighted by Crippen LogP contribution is 2.38. The first-order valence-electron chi connectivity index (χ1n) is 6.67. The average molecular weight is 306 g/mol. The molecule has 0 fully saturated rings. The van der Waals surface area contributed by atoms with Gasteiger partial charge in [0.1, 0.15) is 12.2 Å². The van der Waals surface area contributed by atoms with Gasteiger partial charge >= 0.3 is 0 Å². The van der Waals surface area contributed by atoms with Crippen molar-refractivity contribution in [1.82, 2.24) is 0 Å². The molecule has 0 amide bonds. The van der Waals surface area contributed by atoms with Gasteiger partial charge in [-0.3, -0.25) is 0 Å². The van der Waals surface area contributed by atoms with E-state index in [0.717, 1.165) is 22.7 Å². The van der Waals surface area contributed by atoms with Crippen LogP contribution >= 0.6 is 11.8 Å². The molecular weight excluding hydrogens is 288 g/mol. The summed E-state index contributed by atoms with van der Waals surface area (Å²) in [5.74, 6) is 0. The highest BCUT2D eigenvalue weighted by atomic mass is 32.2. The summed E-state index contributed by atoms with van der Waals surface area (Å²) in [7, 11) is 0. The number of thioether (sulfide) groups is 1. The SMILES string of the molecule is OCCO[C]1C=C[C](S[C]2C=C[C](OCCO)C=C2)C=C1. The highest BCUT2D eigenvalue weighted by molar-refractivity contribution is 8.05. The van der Waals surface area contributed by atoms with Gasteiger partial charge in [-0.2, -0.15) is 0 Å². The monoisotopic (exact) mass is 306 g/mol. The smallest absolute Gasteiger partial charge is 0.141 e. The van der Waals surface area contributed by atoms with Gasteiger partial charge in [-0.05, 0) is 24.3 Å². The van der Waals surface area contributed by atoms with Crippen molar-refractivity contribution in [3.63, 3.8) is 0 Å². The van der Waals surface area contributed by atoms with E-state index in [1.165, 1.54) is 0 Å². The molecule has 5 heteroatoms. The second-order valence-corrected chi connectivity index (χ2v) is 5.34. The molecule has 0 saturated heterocycles. The van der Waals surface area contributed by atoms with Crippen LogP contribution in [-0.2, 0) is 9.47 Å². The van der Waals surface area contributed by atoms with Gasteiger partial charge < -0.3 is 19.7 Å². The molecule has 4 radical (unpaired) electrons. The van der Waals surface area contributed by atoms with Crippen LogP contribution in [0, 0.1) is 22.7 Å². The quantitative estimate of drug-likeness (QED) is 0.719. The van der Waals surface area contributed by atoms with Crippen LogP contribution in [0.25, 0.3) is 0 Å². The largest absolute Gasteiger partial charge is 0.394 e. The van der Waals surface area contributed by atoms with E-state index in [1.807, 2.05) is 48.6 Å². The molecule has 0 aromatic rings. The van der Waals surface area contributed by atoms with Crippen LogP contribution in [-0.4, -0.2) is 36.6 Å². The summed E-state index contributed by atoms with van der Waals surface area (Å²) < 4.78 is 10.6. The molecule has 21 heavy (non-hydrogen) atoms.